The van der Waals surface area contributed by atoms with Crippen molar-refractivity contribution < 1.29 is 13.2 Å². The van der Waals surface area contributed by atoms with Gasteiger partial charge in [-0.25, -0.2) is 8.42 Å². The summed E-state index contributed by atoms with van der Waals surface area (Å²) in [5, 5.41) is 2.92. The second kappa shape index (κ2) is 7.82. The average molecular weight is 387 g/mol. The number of hydrogen-bond donors (Lipinski definition) is 1. The van der Waals surface area contributed by atoms with E-state index in [1.165, 1.54) is 12.1 Å². The van der Waals surface area contributed by atoms with Crippen LogP contribution in [-0.4, -0.2) is 31.7 Å². The van der Waals surface area contributed by atoms with Crippen LogP contribution in [0.15, 0.2) is 47.4 Å². The monoisotopic (exact) mass is 386 g/mol. The molecule has 3 rings (SSSR count). The Hall–Kier alpha value is -2.18. The van der Waals surface area contributed by atoms with Crippen molar-refractivity contribution in [1.29, 1.82) is 0 Å². The molecular formula is C21H26N2O3S. The minimum absolute atomic E-state index is 0.237. The molecule has 0 atom stereocenters. The molecule has 144 valence electrons. The number of rotatable bonds is 4. The van der Waals surface area contributed by atoms with Gasteiger partial charge in [0.2, 0.25) is 10.0 Å². The van der Waals surface area contributed by atoms with E-state index in [1.54, 1.807) is 16.4 Å². The predicted octanol–water partition coefficient (Wildman–Crippen LogP) is 3.98. The molecule has 0 bridgehead atoms. The summed E-state index contributed by atoms with van der Waals surface area (Å²) in [5.74, 6) is 0.315. The molecule has 1 fully saturated rings. The molecule has 1 saturated heterocycles. The highest BCUT2D eigenvalue weighted by atomic mass is 32.2. The van der Waals surface area contributed by atoms with Crippen LogP contribution < -0.4 is 5.32 Å². The maximum absolute atomic E-state index is 12.8. The van der Waals surface area contributed by atoms with E-state index in [2.05, 4.69) is 12.2 Å². The number of aryl methyl sites for hydroxylation is 2. The van der Waals surface area contributed by atoms with Gasteiger partial charge in [0.05, 0.1) is 4.90 Å². The average Bonchev–Trinajstić information content (AvgIpc) is 2.65. The van der Waals surface area contributed by atoms with Gasteiger partial charge in [-0.3, -0.25) is 4.79 Å². The maximum atomic E-state index is 12.8. The van der Waals surface area contributed by atoms with E-state index in [-0.39, 0.29) is 10.8 Å². The largest absolute Gasteiger partial charge is 0.322 e. The van der Waals surface area contributed by atoms with Crippen LogP contribution >= 0.6 is 0 Å². The topological polar surface area (TPSA) is 66.5 Å². The fraction of sp³-hybridized carbons (Fsp3) is 0.381. The molecule has 0 spiro atoms. The van der Waals surface area contributed by atoms with E-state index in [0.29, 0.717) is 24.6 Å². The van der Waals surface area contributed by atoms with Gasteiger partial charge in [-0.2, -0.15) is 4.31 Å². The zero-order valence-corrected chi connectivity index (χ0v) is 16.8. The Labute approximate surface area is 161 Å². The van der Waals surface area contributed by atoms with Crippen molar-refractivity contribution in [2.45, 2.75) is 38.5 Å². The molecule has 6 heteroatoms. The lowest BCUT2D eigenvalue weighted by Gasteiger charge is -2.29. The molecule has 1 heterocycles. The molecule has 0 radical (unpaired) electrons. The van der Waals surface area contributed by atoms with E-state index >= 15 is 0 Å². The molecule has 1 N–H and O–H groups in total. The van der Waals surface area contributed by atoms with Crippen LogP contribution in [0.4, 0.5) is 5.69 Å². The third kappa shape index (κ3) is 4.22. The zero-order chi connectivity index (χ0) is 19.6. The smallest absolute Gasteiger partial charge is 0.255 e. The van der Waals surface area contributed by atoms with Gasteiger partial charge >= 0.3 is 0 Å². The summed E-state index contributed by atoms with van der Waals surface area (Å²) in [5.41, 5.74) is 3.20. The highest BCUT2D eigenvalue weighted by Gasteiger charge is 2.28. The van der Waals surface area contributed by atoms with Gasteiger partial charge in [0.15, 0.2) is 0 Å². The van der Waals surface area contributed by atoms with Crippen molar-refractivity contribution in [3.63, 3.8) is 0 Å². The van der Waals surface area contributed by atoms with Gasteiger partial charge in [-0.05, 0) is 68.0 Å². The lowest BCUT2D eigenvalue weighted by Crippen LogP contribution is -2.37. The summed E-state index contributed by atoms with van der Waals surface area (Å²) in [6.07, 6.45) is 1.77. The molecule has 1 aliphatic heterocycles. The second-order valence-corrected chi connectivity index (χ2v) is 9.27. The highest BCUT2D eigenvalue weighted by Crippen LogP contribution is 2.24. The minimum Gasteiger partial charge on any atom is -0.322 e. The first-order chi connectivity index (χ1) is 12.8. The molecule has 0 aliphatic carbocycles. The van der Waals surface area contributed by atoms with Crippen LogP contribution in [0.1, 0.15) is 41.3 Å². The Morgan fingerprint density at radius 2 is 1.56 bits per heavy atom. The molecule has 0 aromatic heterocycles. The van der Waals surface area contributed by atoms with E-state index in [4.69, 9.17) is 0 Å². The number of piperidine rings is 1. The fourth-order valence-electron chi connectivity index (χ4n) is 3.35. The number of anilines is 1. The summed E-state index contributed by atoms with van der Waals surface area (Å²) < 4.78 is 27.1. The number of carbonyl (C=O) groups is 1. The molecule has 0 unspecified atom stereocenters. The Kier molecular flexibility index (Phi) is 5.67. The van der Waals surface area contributed by atoms with Crippen LogP contribution in [0.2, 0.25) is 0 Å². The Bertz CT molecular complexity index is 908. The number of benzene rings is 2. The van der Waals surface area contributed by atoms with Gasteiger partial charge < -0.3 is 5.32 Å². The van der Waals surface area contributed by atoms with Gasteiger partial charge in [0.25, 0.3) is 5.91 Å². The van der Waals surface area contributed by atoms with E-state index in [1.807, 2.05) is 32.0 Å². The molecule has 5 nitrogen and oxygen atoms in total. The lowest BCUT2D eigenvalue weighted by atomic mass is 10.0. The number of carbonyl (C=O) groups excluding carboxylic acids is 1. The second-order valence-electron chi connectivity index (χ2n) is 7.33. The molecule has 1 amide bonds. The minimum atomic E-state index is -3.50. The Balaban J connectivity index is 1.76. The summed E-state index contributed by atoms with van der Waals surface area (Å²) in [7, 11) is -3.50. The first-order valence-corrected chi connectivity index (χ1v) is 10.7. The van der Waals surface area contributed by atoms with Crippen molar-refractivity contribution in [3.05, 3.63) is 59.2 Å². The Morgan fingerprint density at radius 3 is 2.11 bits per heavy atom. The highest BCUT2D eigenvalue weighted by molar-refractivity contribution is 7.89. The molecule has 0 saturated carbocycles. The zero-order valence-electron chi connectivity index (χ0n) is 16.0. The third-order valence-electron chi connectivity index (χ3n) is 5.22. The van der Waals surface area contributed by atoms with Crippen molar-refractivity contribution in [1.82, 2.24) is 4.31 Å². The van der Waals surface area contributed by atoms with Crippen molar-refractivity contribution in [3.8, 4) is 0 Å². The molecule has 1 aliphatic rings. The maximum Gasteiger partial charge on any atom is 0.255 e. The normalized spacial score (nSPS) is 16.3. The molecule has 2 aromatic rings. The third-order valence-corrected chi connectivity index (χ3v) is 7.13. The summed E-state index contributed by atoms with van der Waals surface area (Å²) >= 11 is 0. The molecular weight excluding hydrogens is 360 g/mol. The lowest BCUT2D eigenvalue weighted by molar-refractivity contribution is 0.102. The van der Waals surface area contributed by atoms with E-state index in [9.17, 15) is 13.2 Å². The van der Waals surface area contributed by atoms with E-state index < -0.39 is 10.0 Å². The first kappa shape index (κ1) is 19.6. The van der Waals surface area contributed by atoms with Crippen molar-refractivity contribution in [2.24, 2.45) is 5.92 Å². The molecule has 2 aromatic carbocycles. The summed E-state index contributed by atoms with van der Waals surface area (Å²) in [6, 6.07) is 12.0. The number of nitrogens with one attached hydrogen (secondary N) is 1. The number of nitrogens with zero attached hydrogens (tertiary/aromatic N) is 1. The fourth-order valence-corrected chi connectivity index (χ4v) is 4.82. The standard InChI is InChI=1S/C21H26N2O3S/c1-15-11-13-23(14-12-15)27(25,26)19-9-7-18(8-10-19)21(24)22-20-16(2)5-4-6-17(20)3/h4-10,15H,11-14H2,1-3H3,(H,22,24). The van der Waals surface area contributed by atoms with Crippen LogP contribution in [-0.2, 0) is 10.0 Å². The van der Waals surface area contributed by atoms with Crippen molar-refractivity contribution in [2.75, 3.05) is 18.4 Å². The summed E-state index contributed by atoms with van der Waals surface area (Å²) in [4.78, 5) is 12.8. The Morgan fingerprint density at radius 1 is 1.00 bits per heavy atom. The van der Waals surface area contributed by atoms with Gasteiger partial charge in [-0.15, -0.1) is 0 Å². The number of hydrogen-bond acceptors (Lipinski definition) is 3. The van der Waals surface area contributed by atoms with Crippen LogP contribution in [0.3, 0.4) is 0 Å². The predicted molar refractivity (Wildman–Crippen MR) is 107 cm³/mol. The number of para-hydroxylation sites is 1. The van der Waals surface area contributed by atoms with Gasteiger partial charge in [-0.1, -0.05) is 25.1 Å². The molecule has 27 heavy (non-hydrogen) atoms. The van der Waals surface area contributed by atoms with Crippen LogP contribution in [0.5, 0.6) is 0 Å². The quantitative estimate of drug-likeness (QED) is 0.864. The summed E-state index contributed by atoms with van der Waals surface area (Å²) in [6.45, 7) is 7.14. The first-order valence-electron chi connectivity index (χ1n) is 9.27. The van der Waals surface area contributed by atoms with Crippen LogP contribution in [0.25, 0.3) is 0 Å². The van der Waals surface area contributed by atoms with Gasteiger partial charge in [0.1, 0.15) is 0 Å². The van der Waals surface area contributed by atoms with Crippen LogP contribution in [0, 0.1) is 19.8 Å². The number of sulfonamides is 1. The SMILES string of the molecule is Cc1cccc(C)c1NC(=O)c1ccc(S(=O)(=O)N2CCC(C)CC2)cc1. The van der Waals surface area contributed by atoms with E-state index in [0.717, 1.165) is 29.7 Å². The number of amides is 1. The van der Waals surface area contributed by atoms with Gasteiger partial charge in [0, 0.05) is 24.3 Å². The van der Waals surface area contributed by atoms with Crippen molar-refractivity contribution >= 4 is 21.6 Å².